The summed E-state index contributed by atoms with van der Waals surface area (Å²) in [5.41, 5.74) is 0.986. The SMILES string of the molecule is CCCCCNC(=O)C=Cc1ccc(OC)cc1. The van der Waals surface area contributed by atoms with E-state index in [-0.39, 0.29) is 5.91 Å². The highest BCUT2D eigenvalue weighted by Crippen LogP contribution is 2.12. The lowest BCUT2D eigenvalue weighted by atomic mass is 10.2. The number of carbonyl (C=O) groups is 1. The molecule has 0 radical (unpaired) electrons. The number of methoxy groups -OCH3 is 1. The summed E-state index contributed by atoms with van der Waals surface area (Å²) in [6.07, 6.45) is 6.72. The van der Waals surface area contributed by atoms with Crippen molar-refractivity contribution in [2.45, 2.75) is 26.2 Å². The van der Waals surface area contributed by atoms with Crippen LogP contribution in [-0.4, -0.2) is 19.6 Å². The lowest BCUT2D eigenvalue weighted by Crippen LogP contribution is -2.21. The molecular weight excluding hydrogens is 226 g/mol. The normalized spacial score (nSPS) is 10.6. The van der Waals surface area contributed by atoms with Crippen LogP contribution in [0.15, 0.2) is 30.3 Å². The third kappa shape index (κ3) is 5.53. The summed E-state index contributed by atoms with van der Waals surface area (Å²) in [5, 5.41) is 2.86. The molecule has 0 fully saturated rings. The molecule has 0 aromatic heterocycles. The smallest absolute Gasteiger partial charge is 0.243 e. The summed E-state index contributed by atoms with van der Waals surface area (Å²) in [4.78, 5) is 11.5. The topological polar surface area (TPSA) is 38.3 Å². The molecule has 0 bridgehead atoms. The van der Waals surface area contributed by atoms with E-state index in [1.54, 1.807) is 19.3 Å². The van der Waals surface area contributed by atoms with Gasteiger partial charge in [-0.1, -0.05) is 31.9 Å². The minimum Gasteiger partial charge on any atom is -0.497 e. The third-order valence-electron chi connectivity index (χ3n) is 2.62. The highest BCUT2D eigenvalue weighted by molar-refractivity contribution is 5.91. The molecule has 1 N–H and O–H groups in total. The molecule has 0 atom stereocenters. The van der Waals surface area contributed by atoms with E-state index in [0.717, 1.165) is 37.1 Å². The number of ether oxygens (including phenoxy) is 1. The van der Waals surface area contributed by atoms with E-state index in [0.29, 0.717) is 0 Å². The molecule has 0 saturated heterocycles. The molecule has 18 heavy (non-hydrogen) atoms. The van der Waals surface area contributed by atoms with Crippen LogP contribution in [0, 0.1) is 0 Å². The zero-order valence-electron chi connectivity index (χ0n) is 11.1. The highest BCUT2D eigenvalue weighted by Gasteiger charge is 1.95. The Balaban J connectivity index is 2.35. The number of rotatable bonds is 7. The first kappa shape index (κ1) is 14.3. The fraction of sp³-hybridized carbons (Fsp3) is 0.400. The van der Waals surface area contributed by atoms with Crippen LogP contribution in [0.5, 0.6) is 5.75 Å². The first-order valence-corrected chi connectivity index (χ1v) is 6.36. The molecule has 0 aliphatic rings. The number of hydrogen-bond acceptors (Lipinski definition) is 2. The zero-order chi connectivity index (χ0) is 13.2. The second-order valence-electron chi connectivity index (χ2n) is 4.10. The highest BCUT2D eigenvalue weighted by atomic mass is 16.5. The van der Waals surface area contributed by atoms with Gasteiger partial charge in [-0.2, -0.15) is 0 Å². The van der Waals surface area contributed by atoms with E-state index in [4.69, 9.17) is 4.74 Å². The molecule has 1 aromatic rings. The molecule has 3 heteroatoms. The Bertz CT molecular complexity index is 382. The maximum atomic E-state index is 11.5. The molecular formula is C15H21NO2. The zero-order valence-corrected chi connectivity index (χ0v) is 11.1. The summed E-state index contributed by atoms with van der Waals surface area (Å²) in [5.74, 6) is 0.776. The largest absolute Gasteiger partial charge is 0.497 e. The maximum Gasteiger partial charge on any atom is 0.243 e. The Labute approximate surface area is 109 Å². The average Bonchev–Trinajstić information content (AvgIpc) is 2.42. The number of hydrogen-bond donors (Lipinski definition) is 1. The van der Waals surface area contributed by atoms with Gasteiger partial charge in [-0.05, 0) is 30.2 Å². The number of benzene rings is 1. The van der Waals surface area contributed by atoms with Crippen LogP contribution in [0.25, 0.3) is 6.08 Å². The van der Waals surface area contributed by atoms with Crippen molar-refractivity contribution in [1.29, 1.82) is 0 Å². The molecule has 0 aliphatic carbocycles. The van der Waals surface area contributed by atoms with Gasteiger partial charge in [0.2, 0.25) is 5.91 Å². The number of nitrogens with one attached hydrogen (secondary N) is 1. The van der Waals surface area contributed by atoms with Crippen molar-refractivity contribution in [3.05, 3.63) is 35.9 Å². The summed E-state index contributed by atoms with van der Waals surface area (Å²) < 4.78 is 5.07. The second kappa shape index (κ2) is 8.34. The van der Waals surface area contributed by atoms with E-state index < -0.39 is 0 Å². The van der Waals surface area contributed by atoms with Gasteiger partial charge in [-0.25, -0.2) is 0 Å². The van der Waals surface area contributed by atoms with Crippen molar-refractivity contribution >= 4 is 12.0 Å². The van der Waals surface area contributed by atoms with E-state index in [1.807, 2.05) is 24.3 Å². The van der Waals surface area contributed by atoms with E-state index in [9.17, 15) is 4.79 Å². The molecule has 0 unspecified atom stereocenters. The average molecular weight is 247 g/mol. The Morgan fingerprint density at radius 1 is 1.28 bits per heavy atom. The van der Waals surface area contributed by atoms with Gasteiger partial charge in [0.05, 0.1) is 7.11 Å². The molecule has 1 amide bonds. The fourth-order valence-electron chi connectivity index (χ4n) is 1.53. The monoisotopic (exact) mass is 247 g/mol. The van der Waals surface area contributed by atoms with Crippen LogP contribution in [-0.2, 0) is 4.79 Å². The second-order valence-corrected chi connectivity index (χ2v) is 4.10. The van der Waals surface area contributed by atoms with Crippen LogP contribution >= 0.6 is 0 Å². The fourth-order valence-corrected chi connectivity index (χ4v) is 1.53. The molecule has 0 heterocycles. The molecule has 0 aliphatic heterocycles. The Hall–Kier alpha value is -1.77. The van der Waals surface area contributed by atoms with Crippen molar-refractivity contribution in [3.63, 3.8) is 0 Å². The quantitative estimate of drug-likeness (QED) is 0.594. The molecule has 1 rings (SSSR count). The number of amides is 1. The van der Waals surface area contributed by atoms with Crippen LogP contribution < -0.4 is 10.1 Å². The van der Waals surface area contributed by atoms with Gasteiger partial charge < -0.3 is 10.1 Å². The molecule has 98 valence electrons. The van der Waals surface area contributed by atoms with Gasteiger partial charge in [0.1, 0.15) is 5.75 Å². The van der Waals surface area contributed by atoms with Crippen LogP contribution in [0.3, 0.4) is 0 Å². The van der Waals surface area contributed by atoms with Gasteiger partial charge in [0.25, 0.3) is 0 Å². The van der Waals surface area contributed by atoms with Crippen molar-refractivity contribution in [2.24, 2.45) is 0 Å². The van der Waals surface area contributed by atoms with Gasteiger partial charge in [0.15, 0.2) is 0 Å². The van der Waals surface area contributed by atoms with Crippen molar-refractivity contribution in [2.75, 3.05) is 13.7 Å². The summed E-state index contributed by atoms with van der Waals surface area (Å²) >= 11 is 0. The van der Waals surface area contributed by atoms with Crippen LogP contribution in [0.4, 0.5) is 0 Å². The Morgan fingerprint density at radius 2 is 2.00 bits per heavy atom. The van der Waals surface area contributed by atoms with Crippen LogP contribution in [0.2, 0.25) is 0 Å². The van der Waals surface area contributed by atoms with E-state index in [1.165, 1.54) is 0 Å². The van der Waals surface area contributed by atoms with Gasteiger partial charge in [-0.15, -0.1) is 0 Å². The molecule has 0 spiro atoms. The molecule has 0 saturated carbocycles. The maximum absolute atomic E-state index is 11.5. The van der Waals surface area contributed by atoms with Crippen molar-refractivity contribution < 1.29 is 9.53 Å². The minimum atomic E-state index is -0.0399. The lowest BCUT2D eigenvalue weighted by molar-refractivity contribution is -0.116. The van der Waals surface area contributed by atoms with E-state index in [2.05, 4.69) is 12.2 Å². The third-order valence-corrected chi connectivity index (χ3v) is 2.62. The summed E-state index contributed by atoms with van der Waals surface area (Å²) in [6.45, 7) is 2.89. The van der Waals surface area contributed by atoms with Gasteiger partial charge >= 0.3 is 0 Å². The number of carbonyl (C=O) groups excluding carboxylic acids is 1. The number of unbranched alkanes of at least 4 members (excludes halogenated alkanes) is 2. The van der Waals surface area contributed by atoms with Crippen LogP contribution in [0.1, 0.15) is 31.7 Å². The Kier molecular flexibility index (Phi) is 6.62. The summed E-state index contributed by atoms with van der Waals surface area (Å²) in [6, 6.07) is 7.58. The predicted molar refractivity (Wildman–Crippen MR) is 74.6 cm³/mol. The first-order chi connectivity index (χ1) is 8.76. The lowest BCUT2D eigenvalue weighted by Gasteiger charge is -2.01. The standard InChI is InChI=1S/C15H21NO2/c1-3-4-5-12-16-15(17)11-8-13-6-9-14(18-2)10-7-13/h6-11H,3-5,12H2,1-2H3,(H,16,17). The van der Waals surface area contributed by atoms with Gasteiger partial charge in [0, 0.05) is 12.6 Å². The Morgan fingerprint density at radius 3 is 2.61 bits per heavy atom. The van der Waals surface area contributed by atoms with Crippen molar-refractivity contribution in [1.82, 2.24) is 5.32 Å². The summed E-state index contributed by atoms with van der Waals surface area (Å²) in [7, 11) is 1.63. The van der Waals surface area contributed by atoms with Crippen molar-refractivity contribution in [3.8, 4) is 5.75 Å². The minimum absolute atomic E-state index is 0.0399. The first-order valence-electron chi connectivity index (χ1n) is 6.36. The van der Waals surface area contributed by atoms with Gasteiger partial charge in [-0.3, -0.25) is 4.79 Å². The van der Waals surface area contributed by atoms with E-state index >= 15 is 0 Å². The predicted octanol–water partition coefficient (Wildman–Crippen LogP) is 3.01. The molecule has 3 nitrogen and oxygen atoms in total. The molecule has 1 aromatic carbocycles.